The minimum Gasteiger partial charge on any atom is -0.457 e. The number of benzene rings is 2. The van der Waals surface area contributed by atoms with Gasteiger partial charge in [0.1, 0.15) is 11.5 Å². The van der Waals surface area contributed by atoms with Crippen LogP contribution in [0.2, 0.25) is 0 Å². The Kier molecular flexibility index (Phi) is 5.95. The van der Waals surface area contributed by atoms with Crippen LogP contribution in [0.5, 0.6) is 11.5 Å². The van der Waals surface area contributed by atoms with Crippen LogP contribution in [0.15, 0.2) is 60.9 Å². The molecule has 7 nitrogen and oxygen atoms in total. The fourth-order valence-electron chi connectivity index (χ4n) is 3.94. The Labute approximate surface area is 181 Å². The van der Waals surface area contributed by atoms with Gasteiger partial charge >= 0.3 is 0 Å². The van der Waals surface area contributed by atoms with Gasteiger partial charge in [0.25, 0.3) is 0 Å². The van der Waals surface area contributed by atoms with E-state index in [4.69, 9.17) is 9.47 Å². The second kappa shape index (κ2) is 9.32. The predicted molar refractivity (Wildman–Crippen MR) is 120 cm³/mol. The minimum absolute atomic E-state index is 0.735. The summed E-state index contributed by atoms with van der Waals surface area (Å²) < 4.78 is 13.5. The van der Waals surface area contributed by atoms with Crippen molar-refractivity contribution in [3.63, 3.8) is 0 Å². The summed E-state index contributed by atoms with van der Waals surface area (Å²) in [5.74, 6) is 2.34. The van der Waals surface area contributed by atoms with Gasteiger partial charge in [0.05, 0.1) is 17.8 Å². The van der Waals surface area contributed by atoms with Crippen molar-refractivity contribution < 1.29 is 9.47 Å². The molecule has 0 aliphatic carbocycles. The van der Waals surface area contributed by atoms with Gasteiger partial charge < -0.3 is 14.8 Å². The first-order valence-corrected chi connectivity index (χ1v) is 10.9. The SMILES string of the molecule is c1cc(-c2ccc(Oc3ccc4nn(CCNCC5CCOCC5)cc4c3)cc2)[nH]n1. The van der Waals surface area contributed by atoms with Gasteiger partial charge in [0.15, 0.2) is 0 Å². The summed E-state index contributed by atoms with van der Waals surface area (Å²) in [6, 6.07) is 15.9. The van der Waals surface area contributed by atoms with E-state index < -0.39 is 0 Å². The highest BCUT2D eigenvalue weighted by molar-refractivity contribution is 5.79. The summed E-state index contributed by atoms with van der Waals surface area (Å²) in [4.78, 5) is 0. The first-order valence-electron chi connectivity index (χ1n) is 10.9. The molecule has 2 aromatic heterocycles. The molecular weight excluding hydrogens is 390 g/mol. The highest BCUT2D eigenvalue weighted by atomic mass is 16.5. The Morgan fingerprint density at radius 2 is 1.90 bits per heavy atom. The van der Waals surface area contributed by atoms with Gasteiger partial charge in [-0.25, -0.2) is 0 Å². The van der Waals surface area contributed by atoms with E-state index in [0.717, 1.165) is 85.3 Å². The molecule has 2 N–H and O–H groups in total. The number of aromatic amines is 1. The molecule has 0 spiro atoms. The van der Waals surface area contributed by atoms with Gasteiger partial charge in [-0.15, -0.1) is 0 Å². The van der Waals surface area contributed by atoms with Crippen molar-refractivity contribution in [2.75, 3.05) is 26.3 Å². The number of hydrogen-bond donors (Lipinski definition) is 2. The van der Waals surface area contributed by atoms with Gasteiger partial charge in [-0.05, 0) is 79.4 Å². The van der Waals surface area contributed by atoms with Crippen molar-refractivity contribution in [1.82, 2.24) is 25.3 Å². The maximum atomic E-state index is 6.05. The van der Waals surface area contributed by atoms with Crippen molar-refractivity contribution in [2.24, 2.45) is 5.92 Å². The van der Waals surface area contributed by atoms with Gasteiger partial charge in [-0.3, -0.25) is 9.78 Å². The summed E-state index contributed by atoms with van der Waals surface area (Å²) in [5, 5.41) is 16.3. The van der Waals surface area contributed by atoms with Gasteiger partial charge in [-0.2, -0.15) is 10.2 Å². The number of rotatable bonds is 8. The molecular formula is C24H27N5O2. The van der Waals surface area contributed by atoms with Crippen molar-refractivity contribution in [3.05, 3.63) is 60.9 Å². The average Bonchev–Trinajstić information content (AvgIpc) is 3.48. The molecule has 0 unspecified atom stereocenters. The summed E-state index contributed by atoms with van der Waals surface area (Å²) >= 11 is 0. The Hall–Kier alpha value is -3.16. The molecule has 1 aliphatic heterocycles. The van der Waals surface area contributed by atoms with E-state index in [1.54, 1.807) is 6.20 Å². The van der Waals surface area contributed by atoms with Crippen LogP contribution in [0.1, 0.15) is 12.8 Å². The molecule has 1 aliphatic rings. The molecule has 5 rings (SSSR count). The van der Waals surface area contributed by atoms with Crippen LogP contribution in [0.25, 0.3) is 22.2 Å². The van der Waals surface area contributed by atoms with Crippen molar-refractivity contribution in [3.8, 4) is 22.8 Å². The van der Waals surface area contributed by atoms with E-state index >= 15 is 0 Å². The second-order valence-corrected chi connectivity index (χ2v) is 7.97. The Morgan fingerprint density at radius 3 is 2.71 bits per heavy atom. The lowest BCUT2D eigenvalue weighted by atomic mass is 10.0. The van der Waals surface area contributed by atoms with Crippen LogP contribution in [0.4, 0.5) is 0 Å². The van der Waals surface area contributed by atoms with Crippen LogP contribution >= 0.6 is 0 Å². The Balaban J connectivity index is 1.17. The normalized spacial score (nSPS) is 14.8. The Morgan fingerprint density at radius 1 is 1.06 bits per heavy atom. The maximum Gasteiger partial charge on any atom is 0.128 e. The average molecular weight is 418 g/mol. The third-order valence-corrected chi connectivity index (χ3v) is 5.72. The number of fused-ring (bicyclic) bond motifs is 1. The molecule has 2 aromatic carbocycles. The highest BCUT2D eigenvalue weighted by Gasteiger charge is 2.13. The number of nitrogens with zero attached hydrogens (tertiary/aromatic N) is 3. The quantitative estimate of drug-likeness (QED) is 0.420. The summed E-state index contributed by atoms with van der Waals surface area (Å²) in [6.07, 6.45) is 6.15. The van der Waals surface area contributed by atoms with E-state index in [0.29, 0.717) is 0 Å². The largest absolute Gasteiger partial charge is 0.457 e. The molecule has 4 aromatic rings. The molecule has 1 fully saturated rings. The molecule has 0 radical (unpaired) electrons. The Bertz CT molecular complexity index is 1100. The van der Waals surface area contributed by atoms with Gasteiger partial charge in [0.2, 0.25) is 0 Å². The molecule has 0 atom stereocenters. The molecule has 7 heteroatoms. The topological polar surface area (TPSA) is 77.0 Å². The van der Waals surface area contributed by atoms with Crippen LogP contribution < -0.4 is 10.1 Å². The lowest BCUT2D eigenvalue weighted by Crippen LogP contribution is -2.29. The van der Waals surface area contributed by atoms with E-state index in [9.17, 15) is 0 Å². The van der Waals surface area contributed by atoms with Crippen molar-refractivity contribution >= 4 is 10.9 Å². The summed E-state index contributed by atoms with van der Waals surface area (Å²) in [6.45, 7) is 4.62. The zero-order valence-corrected chi connectivity index (χ0v) is 17.5. The number of hydrogen-bond acceptors (Lipinski definition) is 5. The van der Waals surface area contributed by atoms with Crippen molar-refractivity contribution in [1.29, 1.82) is 0 Å². The van der Waals surface area contributed by atoms with Gasteiger partial charge in [-0.1, -0.05) is 0 Å². The zero-order chi connectivity index (χ0) is 20.9. The highest BCUT2D eigenvalue weighted by Crippen LogP contribution is 2.27. The van der Waals surface area contributed by atoms with E-state index in [1.807, 2.05) is 53.2 Å². The first kappa shape index (κ1) is 19.8. The number of H-pyrrole nitrogens is 1. The lowest BCUT2D eigenvalue weighted by molar-refractivity contribution is 0.0663. The van der Waals surface area contributed by atoms with E-state index in [2.05, 4.69) is 26.8 Å². The number of ether oxygens (including phenoxy) is 2. The van der Waals surface area contributed by atoms with Crippen LogP contribution in [-0.2, 0) is 11.3 Å². The predicted octanol–water partition coefficient (Wildman–Crippen LogP) is 4.23. The number of aromatic nitrogens is 4. The zero-order valence-electron chi connectivity index (χ0n) is 17.5. The molecule has 0 saturated carbocycles. The molecule has 3 heterocycles. The van der Waals surface area contributed by atoms with Crippen LogP contribution in [0.3, 0.4) is 0 Å². The number of nitrogens with one attached hydrogen (secondary N) is 2. The lowest BCUT2D eigenvalue weighted by Gasteiger charge is -2.22. The minimum atomic E-state index is 0.735. The van der Waals surface area contributed by atoms with Crippen molar-refractivity contribution in [2.45, 2.75) is 19.4 Å². The monoisotopic (exact) mass is 417 g/mol. The molecule has 0 amide bonds. The fourth-order valence-corrected chi connectivity index (χ4v) is 3.94. The first-order chi connectivity index (χ1) is 15.3. The third kappa shape index (κ3) is 4.95. The standard InChI is InChI=1S/C24H27N5O2/c1-3-21(4-2-19(1)23-7-10-26-27-23)31-22-5-6-24-20(15-22)17-29(28-24)12-11-25-16-18-8-13-30-14-9-18/h1-7,10,15,17-18,25H,8-9,11-14,16H2,(H,26,27). The molecule has 31 heavy (non-hydrogen) atoms. The molecule has 0 bridgehead atoms. The van der Waals surface area contributed by atoms with E-state index in [1.165, 1.54) is 0 Å². The smallest absolute Gasteiger partial charge is 0.128 e. The second-order valence-electron chi connectivity index (χ2n) is 7.97. The summed E-state index contributed by atoms with van der Waals surface area (Å²) in [5.41, 5.74) is 3.04. The third-order valence-electron chi connectivity index (χ3n) is 5.72. The van der Waals surface area contributed by atoms with E-state index in [-0.39, 0.29) is 0 Å². The van der Waals surface area contributed by atoms with Crippen LogP contribution in [-0.4, -0.2) is 46.3 Å². The summed E-state index contributed by atoms with van der Waals surface area (Å²) in [7, 11) is 0. The van der Waals surface area contributed by atoms with Crippen LogP contribution in [0, 0.1) is 5.92 Å². The fraction of sp³-hybridized carbons (Fsp3) is 0.333. The maximum absolute atomic E-state index is 6.05. The molecule has 1 saturated heterocycles. The molecule has 160 valence electrons. The van der Waals surface area contributed by atoms with Gasteiger partial charge in [0, 0.05) is 37.5 Å².